The first-order chi connectivity index (χ1) is 13.2. The fourth-order valence-electron chi connectivity index (χ4n) is 3.83. The number of hydrogen-bond acceptors (Lipinski definition) is 5. The Bertz CT molecular complexity index is 941. The molecule has 0 saturated carbocycles. The standard InChI is InChI=1S/C19H22FN3O4S/c1-2-22(10-14-4-3-13(9-21)7-17(14)20)19(25)15-8-18(24)23(11-15)16-5-6-28(26,27)12-16/h3-4,7,15-16H,2,5-6,8,10-12H2,1H3. The van der Waals surface area contributed by atoms with Crippen LogP contribution >= 0.6 is 0 Å². The number of halogens is 1. The van der Waals surface area contributed by atoms with E-state index < -0.39 is 21.6 Å². The second-order valence-corrected chi connectivity index (χ2v) is 9.50. The Labute approximate surface area is 163 Å². The Morgan fingerprint density at radius 2 is 2.18 bits per heavy atom. The molecule has 2 heterocycles. The lowest BCUT2D eigenvalue weighted by Gasteiger charge is -2.26. The van der Waals surface area contributed by atoms with Crippen molar-refractivity contribution < 1.29 is 22.4 Å². The van der Waals surface area contributed by atoms with E-state index in [2.05, 4.69) is 0 Å². The summed E-state index contributed by atoms with van der Waals surface area (Å²) >= 11 is 0. The molecule has 9 heteroatoms. The second-order valence-electron chi connectivity index (χ2n) is 7.27. The van der Waals surface area contributed by atoms with Gasteiger partial charge in [0, 0.05) is 37.7 Å². The zero-order chi connectivity index (χ0) is 20.5. The fraction of sp³-hybridized carbons (Fsp3) is 0.526. The van der Waals surface area contributed by atoms with Gasteiger partial charge in [-0.1, -0.05) is 6.07 Å². The zero-order valence-electron chi connectivity index (χ0n) is 15.6. The first-order valence-corrected chi connectivity index (χ1v) is 11.0. The van der Waals surface area contributed by atoms with Gasteiger partial charge in [-0.2, -0.15) is 5.26 Å². The van der Waals surface area contributed by atoms with Crippen LogP contribution in [0.2, 0.25) is 0 Å². The second kappa shape index (κ2) is 7.87. The number of nitriles is 1. The minimum Gasteiger partial charge on any atom is -0.338 e. The highest BCUT2D eigenvalue weighted by Gasteiger charge is 2.42. The smallest absolute Gasteiger partial charge is 0.228 e. The van der Waals surface area contributed by atoms with Gasteiger partial charge in [0.05, 0.1) is 29.1 Å². The Morgan fingerprint density at radius 3 is 2.75 bits per heavy atom. The first kappa shape index (κ1) is 20.3. The van der Waals surface area contributed by atoms with Crippen molar-refractivity contribution in [2.24, 2.45) is 5.92 Å². The topological polar surface area (TPSA) is 98.5 Å². The molecule has 150 valence electrons. The summed E-state index contributed by atoms with van der Waals surface area (Å²) in [7, 11) is -3.12. The van der Waals surface area contributed by atoms with Gasteiger partial charge in [-0.15, -0.1) is 0 Å². The van der Waals surface area contributed by atoms with E-state index in [0.717, 1.165) is 6.07 Å². The van der Waals surface area contributed by atoms with Crippen LogP contribution in [0.1, 0.15) is 30.9 Å². The van der Waals surface area contributed by atoms with Crippen LogP contribution in [0.3, 0.4) is 0 Å². The minimum atomic E-state index is -3.12. The van der Waals surface area contributed by atoms with E-state index in [-0.39, 0.29) is 54.4 Å². The molecule has 0 radical (unpaired) electrons. The highest BCUT2D eigenvalue weighted by molar-refractivity contribution is 7.91. The van der Waals surface area contributed by atoms with Crippen molar-refractivity contribution >= 4 is 21.7 Å². The van der Waals surface area contributed by atoms with Gasteiger partial charge in [0.25, 0.3) is 0 Å². The number of hydrogen-bond donors (Lipinski definition) is 0. The molecule has 28 heavy (non-hydrogen) atoms. The van der Waals surface area contributed by atoms with E-state index in [9.17, 15) is 22.4 Å². The Hall–Kier alpha value is -2.47. The molecule has 2 aliphatic rings. The summed E-state index contributed by atoms with van der Waals surface area (Å²) in [4.78, 5) is 28.3. The van der Waals surface area contributed by atoms with Crippen LogP contribution in [0.15, 0.2) is 18.2 Å². The molecule has 0 N–H and O–H groups in total. The van der Waals surface area contributed by atoms with Gasteiger partial charge in [-0.25, -0.2) is 12.8 Å². The third-order valence-corrected chi connectivity index (χ3v) is 7.14. The number of carbonyl (C=O) groups is 2. The number of carbonyl (C=O) groups excluding carboxylic acids is 2. The molecule has 0 aromatic heterocycles. The van der Waals surface area contributed by atoms with Crippen molar-refractivity contribution in [1.82, 2.24) is 9.80 Å². The van der Waals surface area contributed by atoms with Gasteiger partial charge in [0.15, 0.2) is 9.84 Å². The van der Waals surface area contributed by atoms with Crippen LogP contribution in [0, 0.1) is 23.1 Å². The van der Waals surface area contributed by atoms with Gasteiger partial charge in [-0.05, 0) is 25.5 Å². The molecular weight excluding hydrogens is 385 g/mol. The quantitative estimate of drug-likeness (QED) is 0.727. The van der Waals surface area contributed by atoms with Crippen LogP contribution in [0.4, 0.5) is 4.39 Å². The van der Waals surface area contributed by atoms with Crippen molar-refractivity contribution in [2.45, 2.75) is 32.4 Å². The molecule has 3 rings (SSSR count). The zero-order valence-corrected chi connectivity index (χ0v) is 16.4. The fourth-order valence-corrected chi connectivity index (χ4v) is 5.56. The number of likely N-dealkylation sites (tertiary alicyclic amines) is 1. The molecule has 0 aliphatic carbocycles. The van der Waals surface area contributed by atoms with E-state index in [1.54, 1.807) is 6.92 Å². The maximum absolute atomic E-state index is 14.2. The predicted molar refractivity (Wildman–Crippen MR) is 99.1 cm³/mol. The molecule has 1 aromatic carbocycles. The monoisotopic (exact) mass is 407 g/mol. The summed E-state index contributed by atoms with van der Waals surface area (Å²) in [5.74, 6) is -1.54. The Morgan fingerprint density at radius 1 is 1.43 bits per heavy atom. The van der Waals surface area contributed by atoms with E-state index >= 15 is 0 Å². The number of benzene rings is 1. The molecule has 2 saturated heterocycles. The third-order valence-electron chi connectivity index (χ3n) is 5.39. The van der Waals surface area contributed by atoms with Crippen LogP contribution in [0.5, 0.6) is 0 Å². The molecule has 2 atom stereocenters. The van der Waals surface area contributed by atoms with Crippen LogP contribution in [-0.2, 0) is 26.0 Å². The number of nitrogens with zero attached hydrogens (tertiary/aromatic N) is 3. The van der Waals surface area contributed by atoms with Gasteiger partial charge in [0.2, 0.25) is 11.8 Å². The summed E-state index contributed by atoms with van der Waals surface area (Å²) in [5, 5.41) is 8.83. The maximum Gasteiger partial charge on any atom is 0.228 e. The molecule has 0 bridgehead atoms. The minimum absolute atomic E-state index is 0.0434. The highest BCUT2D eigenvalue weighted by atomic mass is 32.2. The summed E-state index contributed by atoms with van der Waals surface area (Å²) in [6.07, 6.45) is 0.449. The van der Waals surface area contributed by atoms with Crippen LogP contribution in [-0.4, -0.2) is 60.7 Å². The van der Waals surface area contributed by atoms with Crippen molar-refractivity contribution in [3.05, 3.63) is 35.1 Å². The van der Waals surface area contributed by atoms with E-state index in [1.165, 1.54) is 21.9 Å². The van der Waals surface area contributed by atoms with E-state index in [4.69, 9.17) is 5.26 Å². The lowest BCUT2D eigenvalue weighted by atomic mass is 10.1. The molecule has 2 fully saturated rings. The van der Waals surface area contributed by atoms with Crippen LogP contribution < -0.4 is 0 Å². The van der Waals surface area contributed by atoms with Gasteiger partial charge in [0.1, 0.15) is 5.82 Å². The molecule has 2 aliphatic heterocycles. The molecule has 1 aromatic rings. The SMILES string of the molecule is CCN(Cc1ccc(C#N)cc1F)C(=O)C1CC(=O)N(C2CCS(=O)(=O)C2)C1. The Kier molecular flexibility index (Phi) is 5.70. The van der Waals surface area contributed by atoms with Crippen LogP contribution in [0.25, 0.3) is 0 Å². The average molecular weight is 407 g/mol. The van der Waals surface area contributed by atoms with E-state index in [1.807, 2.05) is 6.07 Å². The maximum atomic E-state index is 14.2. The molecule has 7 nitrogen and oxygen atoms in total. The number of rotatable bonds is 5. The van der Waals surface area contributed by atoms with Crippen molar-refractivity contribution in [3.63, 3.8) is 0 Å². The number of sulfone groups is 1. The largest absolute Gasteiger partial charge is 0.338 e. The highest BCUT2D eigenvalue weighted by Crippen LogP contribution is 2.27. The molecule has 0 spiro atoms. The van der Waals surface area contributed by atoms with Gasteiger partial charge < -0.3 is 9.80 Å². The number of amides is 2. The van der Waals surface area contributed by atoms with Crippen molar-refractivity contribution in [3.8, 4) is 6.07 Å². The van der Waals surface area contributed by atoms with Gasteiger partial charge in [-0.3, -0.25) is 9.59 Å². The van der Waals surface area contributed by atoms with Gasteiger partial charge >= 0.3 is 0 Å². The lowest BCUT2D eigenvalue weighted by Crippen LogP contribution is -2.40. The predicted octanol–water partition coefficient (Wildman–Crippen LogP) is 1.08. The van der Waals surface area contributed by atoms with E-state index in [0.29, 0.717) is 18.5 Å². The lowest BCUT2D eigenvalue weighted by molar-refractivity contribution is -0.136. The first-order valence-electron chi connectivity index (χ1n) is 9.21. The normalized spacial score (nSPS) is 23.6. The molecule has 2 amide bonds. The summed E-state index contributed by atoms with van der Waals surface area (Å²) in [6, 6.07) is 5.62. The molecule has 2 unspecified atom stereocenters. The van der Waals surface area contributed by atoms with Crippen molar-refractivity contribution in [2.75, 3.05) is 24.6 Å². The Balaban J connectivity index is 1.68. The third kappa shape index (κ3) is 4.17. The summed E-state index contributed by atoms with van der Waals surface area (Å²) < 4.78 is 37.5. The van der Waals surface area contributed by atoms with Crippen molar-refractivity contribution in [1.29, 1.82) is 5.26 Å². The summed E-state index contributed by atoms with van der Waals surface area (Å²) in [5.41, 5.74) is 0.511. The summed E-state index contributed by atoms with van der Waals surface area (Å²) in [6.45, 7) is 2.37. The molecular formula is C19H22FN3O4S. The average Bonchev–Trinajstić information content (AvgIpc) is 3.22.